The summed E-state index contributed by atoms with van der Waals surface area (Å²) >= 11 is 0. The minimum Gasteiger partial charge on any atom is -0.259 e. The molecule has 2 aromatic carbocycles. The van der Waals surface area contributed by atoms with Crippen LogP contribution in [0.25, 0.3) is 0 Å². The van der Waals surface area contributed by atoms with Crippen molar-refractivity contribution in [1.29, 1.82) is 5.26 Å². The van der Waals surface area contributed by atoms with Crippen molar-refractivity contribution in [3.05, 3.63) is 71.3 Å². The molecule has 19 heavy (non-hydrogen) atoms. The van der Waals surface area contributed by atoms with Gasteiger partial charge in [0.15, 0.2) is 6.17 Å². The monoisotopic (exact) mass is 245 g/mol. The Hall–Kier alpha value is -2.73. The van der Waals surface area contributed by atoms with E-state index < -0.39 is 0 Å². The van der Waals surface area contributed by atoms with Gasteiger partial charge in [-0.3, -0.25) is 9.98 Å². The highest BCUT2D eigenvalue weighted by Crippen LogP contribution is 2.26. The molecule has 1 aliphatic rings. The van der Waals surface area contributed by atoms with Gasteiger partial charge < -0.3 is 0 Å². The highest BCUT2D eigenvalue weighted by atomic mass is 15.0. The van der Waals surface area contributed by atoms with E-state index in [0.29, 0.717) is 5.56 Å². The lowest BCUT2D eigenvalue weighted by Crippen LogP contribution is -1.98. The zero-order valence-corrected chi connectivity index (χ0v) is 10.2. The molecule has 2 aromatic rings. The summed E-state index contributed by atoms with van der Waals surface area (Å²) in [6, 6.07) is 19.6. The highest BCUT2D eigenvalue weighted by molar-refractivity contribution is 6.39. The number of benzene rings is 2. The second-order valence-corrected chi connectivity index (χ2v) is 4.23. The van der Waals surface area contributed by atoms with Crippen molar-refractivity contribution in [2.24, 2.45) is 9.98 Å². The molecule has 0 N–H and O–H groups in total. The van der Waals surface area contributed by atoms with Crippen LogP contribution in [0.3, 0.4) is 0 Å². The lowest BCUT2D eigenvalue weighted by Gasteiger charge is -2.06. The van der Waals surface area contributed by atoms with E-state index in [1.165, 1.54) is 0 Å². The Morgan fingerprint density at radius 3 is 2.47 bits per heavy atom. The lowest BCUT2D eigenvalue weighted by molar-refractivity contribution is 0.797. The number of aliphatic imine (C=N–C) groups is 2. The van der Waals surface area contributed by atoms with Crippen molar-refractivity contribution in [2.45, 2.75) is 6.17 Å². The summed E-state index contributed by atoms with van der Waals surface area (Å²) in [5, 5.41) is 9.11. The Labute approximate surface area is 111 Å². The molecule has 0 bridgehead atoms. The van der Waals surface area contributed by atoms with Crippen LogP contribution in [0.4, 0.5) is 0 Å². The van der Waals surface area contributed by atoms with Gasteiger partial charge in [-0.05, 0) is 6.07 Å². The van der Waals surface area contributed by atoms with Crippen molar-refractivity contribution in [3.63, 3.8) is 0 Å². The minimum absolute atomic E-state index is 0.300. The van der Waals surface area contributed by atoms with Gasteiger partial charge in [0.25, 0.3) is 0 Å². The Kier molecular flexibility index (Phi) is 2.91. The van der Waals surface area contributed by atoms with E-state index in [1.54, 1.807) is 12.3 Å². The van der Waals surface area contributed by atoms with Crippen LogP contribution < -0.4 is 0 Å². The molecule has 0 aliphatic carbocycles. The van der Waals surface area contributed by atoms with Gasteiger partial charge in [0.2, 0.25) is 0 Å². The van der Waals surface area contributed by atoms with Crippen molar-refractivity contribution in [2.75, 3.05) is 0 Å². The average molecular weight is 245 g/mol. The lowest BCUT2D eigenvalue weighted by atomic mass is 10.1. The number of hydrogen-bond donors (Lipinski definition) is 0. The van der Waals surface area contributed by atoms with Gasteiger partial charge in [0, 0.05) is 11.1 Å². The van der Waals surface area contributed by atoms with Gasteiger partial charge >= 0.3 is 0 Å². The smallest absolute Gasteiger partial charge is 0.167 e. The van der Waals surface area contributed by atoms with E-state index in [-0.39, 0.29) is 6.17 Å². The van der Waals surface area contributed by atoms with Crippen LogP contribution in [-0.4, -0.2) is 11.9 Å². The van der Waals surface area contributed by atoms with Crippen molar-refractivity contribution < 1.29 is 0 Å². The molecule has 90 valence electrons. The molecule has 3 rings (SSSR count). The Morgan fingerprint density at radius 2 is 1.68 bits per heavy atom. The molecular formula is C16H11N3. The molecule has 1 heterocycles. The van der Waals surface area contributed by atoms with Crippen LogP contribution in [-0.2, 0) is 0 Å². The molecule has 1 unspecified atom stereocenters. The third-order valence-electron chi connectivity index (χ3n) is 3.03. The first-order valence-corrected chi connectivity index (χ1v) is 6.04. The molecule has 0 fully saturated rings. The SMILES string of the molecule is N#Cc1ccccc1C1N=CC(c2ccccc2)=N1. The summed E-state index contributed by atoms with van der Waals surface area (Å²) in [5.41, 5.74) is 3.39. The van der Waals surface area contributed by atoms with Crippen LogP contribution in [0.5, 0.6) is 0 Å². The van der Waals surface area contributed by atoms with Crippen LogP contribution in [0, 0.1) is 11.3 Å². The summed E-state index contributed by atoms with van der Waals surface area (Å²) in [7, 11) is 0. The molecule has 3 nitrogen and oxygen atoms in total. The van der Waals surface area contributed by atoms with Gasteiger partial charge in [-0.2, -0.15) is 5.26 Å². The Balaban J connectivity index is 1.97. The zero-order valence-electron chi connectivity index (χ0n) is 10.2. The summed E-state index contributed by atoms with van der Waals surface area (Å²) in [4.78, 5) is 8.97. The molecule has 0 saturated heterocycles. The third-order valence-corrected chi connectivity index (χ3v) is 3.03. The summed E-state index contributed by atoms with van der Waals surface area (Å²) < 4.78 is 0. The van der Waals surface area contributed by atoms with Gasteiger partial charge in [0.05, 0.1) is 23.6 Å². The number of rotatable bonds is 2. The van der Waals surface area contributed by atoms with Gasteiger partial charge in [-0.25, -0.2) is 0 Å². The quantitative estimate of drug-likeness (QED) is 0.801. The van der Waals surface area contributed by atoms with Crippen LogP contribution >= 0.6 is 0 Å². The maximum Gasteiger partial charge on any atom is 0.167 e. The summed E-state index contributed by atoms with van der Waals surface area (Å²) in [5.74, 6) is 0. The van der Waals surface area contributed by atoms with Crippen molar-refractivity contribution in [1.82, 2.24) is 0 Å². The predicted octanol–water partition coefficient (Wildman–Crippen LogP) is 3.13. The fourth-order valence-corrected chi connectivity index (χ4v) is 2.07. The molecule has 0 radical (unpaired) electrons. The van der Waals surface area contributed by atoms with E-state index in [1.807, 2.05) is 48.5 Å². The fourth-order valence-electron chi connectivity index (χ4n) is 2.07. The van der Waals surface area contributed by atoms with Crippen LogP contribution in [0.15, 0.2) is 64.6 Å². The van der Waals surface area contributed by atoms with E-state index in [9.17, 15) is 0 Å². The van der Waals surface area contributed by atoms with Gasteiger partial charge in [-0.15, -0.1) is 0 Å². The fraction of sp³-hybridized carbons (Fsp3) is 0.0625. The molecule has 3 heteroatoms. The Bertz CT molecular complexity index is 693. The van der Waals surface area contributed by atoms with Crippen LogP contribution in [0.1, 0.15) is 22.9 Å². The number of nitriles is 1. The third kappa shape index (κ3) is 2.16. The van der Waals surface area contributed by atoms with Gasteiger partial charge in [0.1, 0.15) is 0 Å². The second-order valence-electron chi connectivity index (χ2n) is 4.23. The molecular weight excluding hydrogens is 234 g/mol. The topological polar surface area (TPSA) is 48.5 Å². The molecule has 1 aliphatic heterocycles. The Morgan fingerprint density at radius 1 is 0.947 bits per heavy atom. The highest BCUT2D eigenvalue weighted by Gasteiger charge is 2.18. The van der Waals surface area contributed by atoms with E-state index in [4.69, 9.17) is 5.26 Å². The van der Waals surface area contributed by atoms with E-state index in [2.05, 4.69) is 16.1 Å². The summed E-state index contributed by atoms with van der Waals surface area (Å²) in [6.07, 6.45) is 1.47. The standard InChI is InChI=1S/C16H11N3/c17-10-13-8-4-5-9-14(13)16-18-11-15(19-16)12-6-2-1-3-7-12/h1-9,11,16H. The molecule has 1 atom stereocenters. The molecule has 0 saturated carbocycles. The van der Waals surface area contributed by atoms with E-state index in [0.717, 1.165) is 16.8 Å². The molecule has 0 amide bonds. The number of hydrogen-bond acceptors (Lipinski definition) is 3. The van der Waals surface area contributed by atoms with E-state index >= 15 is 0 Å². The normalized spacial score (nSPS) is 17.0. The first kappa shape index (κ1) is 11.4. The predicted molar refractivity (Wildman–Crippen MR) is 75.4 cm³/mol. The van der Waals surface area contributed by atoms with Crippen molar-refractivity contribution >= 4 is 11.9 Å². The van der Waals surface area contributed by atoms with Crippen LogP contribution in [0.2, 0.25) is 0 Å². The molecule has 0 aromatic heterocycles. The van der Waals surface area contributed by atoms with Gasteiger partial charge in [-0.1, -0.05) is 48.5 Å². The molecule has 0 spiro atoms. The average Bonchev–Trinajstić information content (AvgIpc) is 2.98. The van der Waals surface area contributed by atoms with Crippen molar-refractivity contribution in [3.8, 4) is 6.07 Å². The second kappa shape index (κ2) is 4.87. The maximum atomic E-state index is 9.11. The summed E-state index contributed by atoms with van der Waals surface area (Å²) in [6.45, 7) is 0. The minimum atomic E-state index is -0.300. The first-order valence-electron chi connectivity index (χ1n) is 6.04. The zero-order chi connectivity index (χ0) is 13.1. The number of nitrogens with zero attached hydrogens (tertiary/aromatic N) is 3. The first-order chi connectivity index (χ1) is 9.38. The maximum absolute atomic E-state index is 9.11. The largest absolute Gasteiger partial charge is 0.259 e.